The highest BCUT2D eigenvalue weighted by Crippen LogP contribution is 2.46. The van der Waals surface area contributed by atoms with E-state index in [1.807, 2.05) is 0 Å². The Morgan fingerprint density at radius 1 is 1.09 bits per heavy atom. The lowest BCUT2D eigenvalue weighted by atomic mass is 10.1. The van der Waals surface area contributed by atoms with Crippen molar-refractivity contribution in [2.24, 2.45) is 5.10 Å². The zero-order valence-electron chi connectivity index (χ0n) is 12.4. The maximum absolute atomic E-state index is 12.2. The van der Waals surface area contributed by atoms with Crippen molar-refractivity contribution in [2.75, 3.05) is 19.4 Å². The number of hydrogen-bond acceptors (Lipinski definition) is 6. The number of carbonyl (C=O) groups excluding carboxylic acids is 2. The van der Waals surface area contributed by atoms with Crippen molar-refractivity contribution < 1.29 is 23.2 Å². The zero-order chi connectivity index (χ0) is 16.2. The molecule has 8 heteroatoms. The van der Waals surface area contributed by atoms with Gasteiger partial charge in [-0.05, 0) is 26.0 Å². The minimum absolute atomic E-state index is 0.109. The number of benzene rings is 1. The predicted octanol–water partition coefficient (Wildman–Crippen LogP) is 2.53. The highest BCUT2D eigenvalue weighted by Gasteiger charge is 2.35. The number of nitrogens with zero attached hydrogens (tertiary/aromatic N) is 2. The Morgan fingerprint density at radius 2 is 1.59 bits per heavy atom. The van der Waals surface area contributed by atoms with Gasteiger partial charge in [0.25, 0.3) is 11.8 Å². The van der Waals surface area contributed by atoms with E-state index < -0.39 is 19.4 Å². The standard InChI is InChI=1S/C14H17N2O5P/c1-3-20-22(19,21-4-2)10-9-15-16-13(17)11-7-5-6-8-12(11)14(16)18/h5-9H,3-4,10H2,1-2H3/b15-9+. The van der Waals surface area contributed by atoms with Crippen LogP contribution >= 0.6 is 7.60 Å². The Labute approximate surface area is 128 Å². The van der Waals surface area contributed by atoms with Crippen LogP contribution in [0.2, 0.25) is 0 Å². The number of fused-ring (bicyclic) bond motifs is 1. The van der Waals surface area contributed by atoms with E-state index in [-0.39, 0.29) is 19.4 Å². The van der Waals surface area contributed by atoms with Crippen molar-refractivity contribution in [3.8, 4) is 0 Å². The van der Waals surface area contributed by atoms with E-state index in [2.05, 4.69) is 5.10 Å². The highest BCUT2D eigenvalue weighted by atomic mass is 31.2. The quantitative estimate of drug-likeness (QED) is 0.437. The van der Waals surface area contributed by atoms with Crippen LogP contribution in [0.4, 0.5) is 0 Å². The van der Waals surface area contributed by atoms with Crippen LogP contribution in [0.5, 0.6) is 0 Å². The molecule has 1 aromatic rings. The fourth-order valence-corrected chi connectivity index (χ4v) is 3.38. The van der Waals surface area contributed by atoms with E-state index >= 15 is 0 Å². The summed E-state index contributed by atoms with van der Waals surface area (Å²) in [5, 5.41) is 4.58. The molecule has 0 radical (unpaired) electrons. The summed E-state index contributed by atoms with van der Waals surface area (Å²) in [5.41, 5.74) is 0.616. The third kappa shape index (κ3) is 3.32. The number of carbonyl (C=O) groups is 2. The van der Waals surface area contributed by atoms with E-state index in [0.29, 0.717) is 11.1 Å². The summed E-state index contributed by atoms with van der Waals surface area (Å²) >= 11 is 0. The zero-order valence-corrected chi connectivity index (χ0v) is 13.3. The van der Waals surface area contributed by atoms with Crippen molar-refractivity contribution in [2.45, 2.75) is 13.8 Å². The van der Waals surface area contributed by atoms with Gasteiger partial charge < -0.3 is 9.05 Å². The lowest BCUT2D eigenvalue weighted by molar-refractivity contribution is 0.0659. The minimum Gasteiger partial charge on any atom is -0.309 e. The molecule has 118 valence electrons. The average Bonchev–Trinajstić information content (AvgIpc) is 2.73. The molecule has 2 amide bonds. The molecule has 0 bridgehead atoms. The molecule has 0 N–H and O–H groups in total. The molecule has 1 aliphatic heterocycles. The molecule has 0 atom stereocenters. The largest absolute Gasteiger partial charge is 0.336 e. The van der Waals surface area contributed by atoms with Crippen LogP contribution in [0, 0.1) is 0 Å². The van der Waals surface area contributed by atoms with E-state index in [0.717, 1.165) is 5.01 Å². The van der Waals surface area contributed by atoms with Gasteiger partial charge in [0, 0.05) is 6.21 Å². The molecule has 2 rings (SSSR count). The summed E-state index contributed by atoms with van der Waals surface area (Å²) < 4.78 is 22.5. The van der Waals surface area contributed by atoms with Crippen LogP contribution < -0.4 is 0 Å². The van der Waals surface area contributed by atoms with Gasteiger partial charge in [-0.25, -0.2) is 0 Å². The van der Waals surface area contributed by atoms with Crippen LogP contribution in [-0.4, -0.2) is 42.4 Å². The number of hydrogen-bond donors (Lipinski definition) is 0. The first-order chi connectivity index (χ1) is 10.5. The third-order valence-corrected chi connectivity index (χ3v) is 4.84. The summed E-state index contributed by atoms with van der Waals surface area (Å²) in [6, 6.07) is 6.48. The molecule has 1 aromatic carbocycles. The first kappa shape index (κ1) is 16.5. The summed E-state index contributed by atoms with van der Waals surface area (Å²) in [5.74, 6) is -1.00. The van der Waals surface area contributed by atoms with Crippen LogP contribution in [0.15, 0.2) is 29.4 Å². The van der Waals surface area contributed by atoms with Gasteiger partial charge in [0.2, 0.25) is 0 Å². The van der Waals surface area contributed by atoms with Crippen molar-refractivity contribution >= 4 is 25.6 Å². The number of amides is 2. The van der Waals surface area contributed by atoms with Gasteiger partial charge in [-0.1, -0.05) is 12.1 Å². The molecule has 1 heterocycles. The molecule has 7 nitrogen and oxygen atoms in total. The molecule has 0 saturated heterocycles. The Balaban J connectivity index is 2.10. The fourth-order valence-electron chi connectivity index (χ4n) is 2.04. The molecule has 22 heavy (non-hydrogen) atoms. The fraction of sp³-hybridized carbons (Fsp3) is 0.357. The van der Waals surface area contributed by atoms with Crippen molar-refractivity contribution in [1.82, 2.24) is 5.01 Å². The molecular formula is C14H17N2O5P. The number of hydrazone groups is 1. The Hall–Kier alpha value is -1.82. The highest BCUT2D eigenvalue weighted by molar-refractivity contribution is 7.54. The van der Waals surface area contributed by atoms with E-state index in [1.54, 1.807) is 38.1 Å². The van der Waals surface area contributed by atoms with Crippen LogP contribution in [0.1, 0.15) is 34.6 Å². The maximum atomic E-state index is 12.2. The normalized spacial score (nSPS) is 14.9. The van der Waals surface area contributed by atoms with E-state index in [9.17, 15) is 14.2 Å². The molecule has 0 fully saturated rings. The summed E-state index contributed by atoms with van der Waals surface area (Å²) in [7, 11) is -3.29. The summed E-state index contributed by atoms with van der Waals surface area (Å²) in [4.78, 5) is 24.1. The second-order valence-corrected chi connectivity index (χ2v) is 6.50. The third-order valence-electron chi connectivity index (χ3n) is 2.93. The van der Waals surface area contributed by atoms with Gasteiger partial charge in [0.15, 0.2) is 0 Å². The Morgan fingerprint density at radius 3 is 2.05 bits per heavy atom. The smallest absolute Gasteiger partial charge is 0.309 e. The summed E-state index contributed by atoms with van der Waals surface area (Å²) in [6.07, 6.45) is 1.11. The van der Waals surface area contributed by atoms with Crippen molar-refractivity contribution in [3.63, 3.8) is 0 Å². The first-order valence-electron chi connectivity index (χ1n) is 6.90. The molecule has 0 unspecified atom stereocenters. The van der Waals surface area contributed by atoms with Gasteiger partial charge in [0.05, 0.1) is 30.5 Å². The van der Waals surface area contributed by atoms with Gasteiger partial charge >= 0.3 is 7.60 Å². The second kappa shape index (κ2) is 6.96. The number of rotatable bonds is 7. The van der Waals surface area contributed by atoms with Crippen LogP contribution in [0.25, 0.3) is 0 Å². The van der Waals surface area contributed by atoms with Gasteiger partial charge in [0.1, 0.15) is 0 Å². The maximum Gasteiger partial charge on any atom is 0.336 e. The second-order valence-electron chi connectivity index (χ2n) is 4.39. The predicted molar refractivity (Wildman–Crippen MR) is 81.2 cm³/mol. The molecule has 1 aliphatic rings. The Bertz CT molecular complexity index is 613. The van der Waals surface area contributed by atoms with E-state index in [4.69, 9.17) is 9.05 Å². The molecule has 0 saturated carbocycles. The monoisotopic (exact) mass is 324 g/mol. The minimum atomic E-state index is -3.29. The lowest BCUT2D eigenvalue weighted by Gasteiger charge is -2.14. The van der Waals surface area contributed by atoms with E-state index in [1.165, 1.54) is 6.21 Å². The SMILES string of the molecule is CCOP(=O)(C/C=N/N1C(=O)c2ccccc2C1=O)OCC. The topological polar surface area (TPSA) is 85.3 Å². The van der Waals surface area contributed by atoms with Crippen LogP contribution in [-0.2, 0) is 13.6 Å². The molecular weight excluding hydrogens is 307 g/mol. The van der Waals surface area contributed by atoms with Crippen LogP contribution in [0.3, 0.4) is 0 Å². The average molecular weight is 324 g/mol. The molecule has 0 aliphatic carbocycles. The number of imide groups is 1. The van der Waals surface area contributed by atoms with Gasteiger partial charge in [-0.2, -0.15) is 10.1 Å². The molecule has 0 spiro atoms. The lowest BCUT2D eigenvalue weighted by Crippen LogP contribution is -2.24. The van der Waals surface area contributed by atoms with Crippen molar-refractivity contribution in [3.05, 3.63) is 35.4 Å². The molecule has 0 aromatic heterocycles. The summed E-state index contributed by atoms with van der Waals surface area (Å²) in [6.45, 7) is 3.87. The Kier molecular flexibility index (Phi) is 5.24. The first-order valence-corrected chi connectivity index (χ1v) is 8.63. The van der Waals surface area contributed by atoms with Gasteiger partial charge in [-0.3, -0.25) is 14.2 Å². The van der Waals surface area contributed by atoms with Crippen molar-refractivity contribution in [1.29, 1.82) is 0 Å². The van der Waals surface area contributed by atoms with Gasteiger partial charge in [-0.15, -0.1) is 0 Å².